The third kappa shape index (κ3) is 3.61. The van der Waals surface area contributed by atoms with Gasteiger partial charge in [0.25, 0.3) is 0 Å². The first-order chi connectivity index (χ1) is 8.67. The molecule has 0 spiro atoms. The van der Waals surface area contributed by atoms with Crippen LogP contribution in [-0.4, -0.2) is 16.5 Å². The molecule has 0 amide bonds. The first kappa shape index (κ1) is 13.2. The molecule has 0 unspecified atom stereocenters. The maximum Gasteiger partial charge on any atom is 0.223 e. The highest BCUT2D eigenvalue weighted by molar-refractivity contribution is 9.10. The minimum atomic E-state index is 0.283. The van der Waals surface area contributed by atoms with Gasteiger partial charge in [-0.1, -0.05) is 33.8 Å². The third-order valence-corrected chi connectivity index (χ3v) is 3.50. The number of hydrogen-bond donors (Lipinski definition) is 2. The van der Waals surface area contributed by atoms with Gasteiger partial charge < -0.3 is 11.1 Å². The molecule has 2 aromatic rings. The van der Waals surface area contributed by atoms with Crippen LogP contribution in [0.3, 0.4) is 0 Å². The number of anilines is 2. The minimum Gasteiger partial charge on any atom is -0.370 e. The summed E-state index contributed by atoms with van der Waals surface area (Å²) in [5.41, 5.74) is 5.69. The third-order valence-electron chi connectivity index (χ3n) is 2.10. The monoisotopic (exact) mass is 324 g/mol. The van der Waals surface area contributed by atoms with E-state index in [0.717, 1.165) is 26.8 Å². The molecule has 0 saturated carbocycles. The van der Waals surface area contributed by atoms with Gasteiger partial charge in [-0.05, 0) is 25.1 Å². The van der Waals surface area contributed by atoms with Crippen LogP contribution in [-0.2, 0) is 0 Å². The minimum absolute atomic E-state index is 0.283. The van der Waals surface area contributed by atoms with Crippen LogP contribution in [0, 0.1) is 0 Å². The molecule has 0 aliphatic carbocycles. The summed E-state index contributed by atoms with van der Waals surface area (Å²) in [6.45, 7) is 2.82. The molecule has 6 heteroatoms. The fourth-order valence-corrected chi connectivity index (χ4v) is 2.85. The summed E-state index contributed by atoms with van der Waals surface area (Å²) < 4.78 is 1.04. The fourth-order valence-electron chi connectivity index (χ4n) is 1.42. The lowest BCUT2D eigenvalue weighted by atomic mass is 10.4. The highest BCUT2D eigenvalue weighted by atomic mass is 79.9. The van der Waals surface area contributed by atoms with E-state index in [-0.39, 0.29) is 5.95 Å². The molecule has 0 atom stereocenters. The fraction of sp³-hybridized carbons (Fsp3) is 0.167. The summed E-state index contributed by atoms with van der Waals surface area (Å²) in [6.07, 6.45) is 0. The van der Waals surface area contributed by atoms with E-state index in [1.54, 1.807) is 11.8 Å². The Kier molecular flexibility index (Phi) is 4.43. The average molecular weight is 325 g/mol. The number of aromatic nitrogens is 2. The molecule has 1 heterocycles. The average Bonchev–Trinajstić information content (AvgIpc) is 2.28. The Bertz CT molecular complexity index is 547. The molecule has 18 heavy (non-hydrogen) atoms. The summed E-state index contributed by atoms with van der Waals surface area (Å²) in [6, 6.07) is 9.94. The Labute approximate surface area is 119 Å². The van der Waals surface area contributed by atoms with Crippen LogP contribution < -0.4 is 11.1 Å². The van der Waals surface area contributed by atoms with Crippen molar-refractivity contribution in [2.45, 2.75) is 16.8 Å². The predicted octanol–water partition coefficient (Wildman–Crippen LogP) is 3.40. The number of halogens is 1. The van der Waals surface area contributed by atoms with E-state index in [4.69, 9.17) is 5.73 Å². The van der Waals surface area contributed by atoms with E-state index in [1.807, 2.05) is 37.3 Å². The number of nitrogen functional groups attached to an aromatic ring is 1. The zero-order chi connectivity index (χ0) is 13.0. The van der Waals surface area contributed by atoms with Crippen molar-refractivity contribution in [2.24, 2.45) is 0 Å². The second kappa shape index (κ2) is 6.06. The Hall–Kier alpha value is -1.27. The smallest absolute Gasteiger partial charge is 0.223 e. The van der Waals surface area contributed by atoms with Gasteiger partial charge in [0, 0.05) is 22.0 Å². The van der Waals surface area contributed by atoms with Crippen LogP contribution in [0.4, 0.5) is 11.8 Å². The number of hydrogen-bond acceptors (Lipinski definition) is 5. The van der Waals surface area contributed by atoms with Crippen LogP contribution in [0.25, 0.3) is 0 Å². The van der Waals surface area contributed by atoms with E-state index < -0.39 is 0 Å². The quantitative estimate of drug-likeness (QED) is 0.844. The lowest BCUT2D eigenvalue weighted by molar-refractivity contribution is 1.04. The van der Waals surface area contributed by atoms with Crippen molar-refractivity contribution >= 4 is 39.5 Å². The van der Waals surface area contributed by atoms with Gasteiger partial charge in [0.15, 0.2) is 0 Å². The Balaban J connectivity index is 2.23. The maximum absolute atomic E-state index is 5.69. The zero-order valence-corrected chi connectivity index (χ0v) is 12.3. The largest absolute Gasteiger partial charge is 0.370 e. The molecule has 94 valence electrons. The number of rotatable bonds is 4. The summed E-state index contributed by atoms with van der Waals surface area (Å²) >= 11 is 5.00. The van der Waals surface area contributed by atoms with Crippen LogP contribution in [0.5, 0.6) is 0 Å². The maximum atomic E-state index is 5.69. The number of nitrogens with zero attached hydrogens (tertiary/aromatic N) is 2. The van der Waals surface area contributed by atoms with Crippen molar-refractivity contribution in [3.05, 3.63) is 34.8 Å². The van der Waals surface area contributed by atoms with E-state index in [0.29, 0.717) is 0 Å². The summed E-state index contributed by atoms with van der Waals surface area (Å²) in [7, 11) is 0. The van der Waals surface area contributed by atoms with Gasteiger partial charge in [-0.15, -0.1) is 0 Å². The van der Waals surface area contributed by atoms with Crippen LogP contribution in [0.2, 0.25) is 0 Å². The molecule has 0 saturated heterocycles. The van der Waals surface area contributed by atoms with Crippen molar-refractivity contribution in [3.8, 4) is 0 Å². The van der Waals surface area contributed by atoms with Crippen molar-refractivity contribution in [1.29, 1.82) is 0 Å². The topological polar surface area (TPSA) is 63.8 Å². The lowest BCUT2D eigenvalue weighted by Gasteiger charge is -2.06. The van der Waals surface area contributed by atoms with E-state index in [9.17, 15) is 0 Å². The van der Waals surface area contributed by atoms with Gasteiger partial charge in [-0.3, -0.25) is 0 Å². The molecule has 0 radical (unpaired) electrons. The van der Waals surface area contributed by atoms with Crippen molar-refractivity contribution in [2.75, 3.05) is 17.6 Å². The summed E-state index contributed by atoms with van der Waals surface area (Å²) in [5.74, 6) is 1.04. The van der Waals surface area contributed by atoms with E-state index >= 15 is 0 Å². The van der Waals surface area contributed by atoms with Gasteiger partial charge in [0.2, 0.25) is 5.95 Å². The molecule has 3 N–H and O–H groups in total. The van der Waals surface area contributed by atoms with Gasteiger partial charge in [-0.2, -0.15) is 4.98 Å². The highest BCUT2D eigenvalue weighted by Gasteiger charge is 2.04. The number of nitrogens with one attached hydrogen (secondary N) is 1. The molecule has 1 aromatic carbocycles. The summed E-state index contributed by atoms with van der Waals surface area (Å²) in [4.78, 5) is 9.43. The Morgan fingerprint density at radius 3 is 2.89 bits per heavy atom. The molecule has 4 nitrogen and oxygen atoms in total. The standard InChI is InChI=1S/C12H13BrN4S/c1-2-15-10-7-11(17-12(14)16-10)18-9-5-3-4-8(13)6-9/h3-7H,2H2,1H3,(H3,14,15,16,17). The first-order valence-corrected chi connectivity index (χ1v) is 7.10. The number of nitrogens with two attached hydrogens (primary N) is 1. The van der Waals surface area contributed by atoms with Crippen molar-refractivity contribution in [3.63, 3.8) is 0 Å². The van der Waals surface area contributed by atoms with Gasteiger partial charge >= 0.3 is 0 Å². The lowest BCUT2D eigenvalue weighted by Crippen LogP contribution is -2.03. The molecule has 1 aromatic heterocycles. The van der Waals surface area contributed by atoms with E-state index in [1.165, 1.54) is 0 Å². The van der Waals surface area contributed by atoms with Crippen molar-refractivity contribution < 1.29 is 0 Å². The molecule has 2 rings (SSSR count). The van der Waals surface area contributed by atoms with Crippen LogP contribution in [0.1, 0.15) is 6.92 Å². The first-order valence-electron chi connectivity index (χ1n) is 5.49. The second-order valence-electron chi connectivity index (χ2n) is 3.54. The molecule has 0 fully saturated rings. The Morgan fingerprint density at radius 2 is 2.17 bits per heavy atom. The number of benzene rings is 1. The van der Waals surface area contributed by atoms with Crippen LogP contribution >= 0.6 is 27.7 Å². The van der Waals surface area contributed by atoms with E-state index in [2.05, 4.69) is 31.2 Å². The molecule has 0 bridgehead atoms. The molecular formula is C12H13BrN4S. The van der Waals surface area contributed by atoms with Crippen LogP contribution in [0.15, 0.2) is 44.7 Å². The predicted molar refractivity (Wildman–Crippen MR) is 78.9 cm³/mol. The molecular weight excluding hydrogens is 312 g/mol. The van der Waals surface area contributed by atoms with Gasteiger partial charge in [0.1, 0.15) is 10.8 Å². The zero-order valence-electron chi connectivity index (χ0n) is 9.85. The highest BCUT2D eigenvalue weighted by Crippen LogP contribution is 2.29. The summed E-state index contributed by atoms with van der Waals surface area (Å²) in [5, 5.41) is 3.96. The second-order valence-corrected chi connectivity index (χ2v) is 5.55. The molecule has 0 aliphatic rings. The Morgan fingerprint density at radius 1 is 1.33 bits per heavy atom. The van der Waals surface area contributed by atoms with Gasteiger partial charge in [-0.25, -0.2) is 4.98 Å². The molecule has 0 aliphatic heterocycles. The SMILES string of the molecule is CCNc1cc(Sc2cccc(Br)c2)nc(N)n1. The normalized spacial score (nSPS) is 10.3. The van der Waals surface area contributed by atoms with Crippen molar-refractivity contribution in [1.82, 2.24) is 9.97 Å². The van der Waals surface area contributed by atoms with Gasteiger partial charge in [0.05, 0.1) is 0 Å².